The lowest BCUT2D eigenvalue weighted by Crippen LogP contribution is -2.22. The van der Waals surface area contributed by atoms with Crippen LogP contribution >= 0.6 is 15.9 Å². The number of nitrogens with one attached hydrogen (secondary N) is 1. The van der Waals surface area contributed by atoms with Gasteiger partial charge in [0.1, 0.15) is 11.5 Å². The Labute approximate surface area is 161 Å². The summed E-state index contributed by atoms with van der Waals surface area (Å²) in [6.45, 7) is 1.98. The molecule has 0 unspecified atom stereocenters. The van der Waals surface area contributed by atoms with E-state index >= 15 is 0 Å². The van der Waals surface area contributed by atoms with Crippen molar-refractivity contribution in [1.29, 1.82) is 0 Å². The van der Waals surface area contributed by atoms with Crippen LogP contribution in [0.5, 0.6) is 0 Å². The van der Waals surface area contributed by atoms with E-state index < -0.39 is 10.0 Å². The van der Waals surface area contributed by atoms with Crippen LogP contribution in [0.25, 0.3) is 0 Å². The zero-order valence-electron chi connectivity index (χ0n) is 14.0. The molecule has 1 N–H and O–H groups in total. The van der Waals surface area contributed by atoms with E-state index in [0.717, 1.165) is 15.7 Å². The molecule has 0 spiro atoms. The molecule has 0 aliphatic carbocycles. The molecule has 1 heterocycles. The van der Waals surface area contributed by atoms with Gasteiger partial charge in [-0.1, -0.05) is 39.7 Å². The number of sulfonamides is 1. The smallest absolute Gasteiger partial charge is 0.240 e. The second-order valence-corrected chi connectivity index (χ2v) is 8.36. The van der Waals surface area contributed by atoms with E-state index in [9.17, 15) is 8.42 Å². The lowest BCUT2D eigenvalue weighted by Gasteiger charge is -2.05. The van der Waals surface area contributed by atoms with Gasteiger partial charge in [-0.3, -0.25) is 4.99 Å². The molecular formula is C19H17BrN2O3S. The quantitative estimate of drug-likeness (QED) is 0.579. The van der Waals surface area contributed by atoms with Crippen molar-refractivity contribution in [2.45, 2.75) is 18.4 Å². The summed E-state index contributed by atoms with van der Waals surface area (Å²) in [5.41, 5.74) is 1.79. The summed E-state index contributed by atoms with van der Waals surface area (Å²) in [5.74, 6) is 1.06. The number of furan rings is 1. The zero-order chi connectivity index (χ0) is 18.6. The summed E-state index contributed by atoms with van der Waals surface area (Å²) in [4.78, 5) is 4.56. The summed E-state index contributed by atoms with van der Waals surface area (Å²) in [6, 6.07) is 17.7. The van der Waals surface area contributed by atoms with Crippen molar-refractivity contribution in [2.24, 2.45) is 4.99 Å². The number of aliphatic imine (C=N–C) groups is 1. The van der Waals surface area contributed by atoms with Gasteiger partial charge in [-0.15, -0.1) is 0 Å². The molecule has 7 heteroatoms. The minimum atomic E-state index is -3.57. The van der Waals surface area contributed by atoms with Crippen molar-refractivity contribution in [3.63, 3.8) is 0 Å². The molecule has 26 heavy (non-hydrogen) atoms. The summed E-state index contributed by atoms with van der Waals surface area (Å²) < 4.78 is 33.6. The van der Waals surface area contributed by atoms with Crippen molar-refractivity contribution < 1.29 is 12.8 Å². The van der Waals surface area contributed by atoms with E-state index in [1.807, 2.05) is 31.2 Å². The van der Waals surface area contributed by atoms with Gasteiger partial charge >= 0.3 is 0 Å². The Balaban J connectivity index is 1.64. The van der Waals surface area contributed by atoms with Crippen LogP contribution in [0.3, 0.4) is 0 Å². The number of rotatable bonds is 6. The Bertz CT molecular complexity index is 1020. The number of hydrogen-bond acceptors (Lipinski definition) is 4. The summed E-state index contributed by atoms with van der Waals surface area (Å²) in [5, 5.41) is 0. The van der Waals surface area contributed by atoms with Crippen LogP contribution in [-0.2, 0) is 16.6 Å². The minimum Gasteiger partial charge on any atom is -0.459 e. The molecule has 0 atom stereocenters. The van der Waals surface area contributed by atoms with Crippen LogP contribution in [0.2, 0.25) is 0 Å². The van der Waals surface area contributed by atoms with Crippen LogP contribution in [0.1, 0.15) is 17.1 Å². The maximum atomic E-state index is 12.3. The molecule has 0 bridgehead atoms. The summed E-state index contributed by atoms with van der Waals surface area (Å²) in [7, 11) is -3.57. The Morgan fingerprint density at radius 1 is 1.12 bits per heavy atom. The molecule has 0 aliphatic heterocycles. The number of halogens is 1. The molecule has 0 saturated carbocycles. The second kappa shape index (κ2) is 7.99. The molecule has 5 nitrogen and oxygen atoms in total. The first kappa shape index (κ1) is 18.6. The van der Waals surface area contributed by atoms with Crippen LogP contribution in [0, 0.1) is 6.92 Å². The maximum Gasteiger partial charge on any atom is 0.240 e. The highest BCUT2D eigenvalue weighted by molar-refractivity contribution is 9.10. The standard InChI is InChI=1S/C19H17BrN2O3S/c1-14-5-9-19(10-6-14)26(23,24)22-13-18-8-7-17(25-18)12-21-16-4-2-3-15(20)11-16/h2-12,22H,13H2,1H3. The lowest BCUT2D eigenvalue weighted by molar-refractivity contribution is 0.494. The van der Waals surface area contributed by atoms with Gasteiger partial charge in [0.05, 0.1) is 23.3 Å². The molecule has 0 radical (unpaired) electrons. The lowest BCUT2D eigenvalue weighted by atomic mass is 10.2. The molecule has 0 fully saturated rings. The monoisotopic (exact) mass is 432 g/mol. The molecule has 134 valence electrons. The van der Waals surface area contributed by atoms with Crippen molar-refractivity contribution in [3.05, 3.63) is 82.2 Å². The van der Waals surface area contributed by atoms with Gasteiger partial charge in [-0.2, -0.15) is 0 Å². The fourth-order valence-corrected chi connectivity index (χ4v) is 3.60. The number of nitrogens with zero attached hydrogens (tertiary/aromatic N) is 1. The minimum absolute atomic E-state index is 0.0704. The molecule has 0 aliphatic rings. The third-order valence-corrected chi connectivity index (χ3v) is 5.51. The normalized spacial score (nSPS) is 11.9. The van der Waals surface area contributed by atoms with E-state index in [1.165, 1.54) is 0 Å². The van der Waals surface area contributed by atoms with Gasteiger partial charge in [0.25, 0.3) is 0 Å². The topological polar surface area (TPSA) is 71.7 Å². The van der Waals surface area contributed by atoms with E-state index in [-0.39, 0.29) is 11.4 Å². The first-order chi connectivity index (χ1) is 12.4. The largest absolute Gasteiger partial charge is 0.459 e. The van der Waals surface area contributed by atoms with Crippen molar-refractivity contribution >= 4 is 37.9 Å². The van der Waals surface area contributed by atoms with Crippen LogP contribution < -0.4 is 4.72 Å². The van der Waals surface area contributed by atoms with Gasteiger partial charge in [0.2, 0.25) is 10.0 Å². The third kappa shape index (κ3) is 4.91. The molecule has 1 aromatic heterocycles. The highest BCUT2D eigenvalue weighted by Crippen LogP contribution is 2.18. The van der Waals surface area contributed by atoms with Crippen LogP contribution in [-0.4, -0.2) is 14.6 Å². The number of aryl methyl sites for hydroxylation is 1. The Kier molecular flexibility index (Phi) is 5.70. The van der Waals surface area contributed by atoms with E-state index in [2.05, 4.69) is 25.6 Å². The zero-order valence-corrected chi connectivity index (χ0v) is 16.4. The predicted molar refractivity (Wildman–Crippen MR) is 105 cm³/mol. The molecule has 3 aromatic rings. The summed E-state index contributed by atoms with van der Waals surface area (Å²) in [6.07, 6.45) is 1.60. The average Bonchev–Trinajstić information content (AvgIpc) is 3.07. The Hall–Kier alpha value is -2.22. The van der Waals surface area contributed by atoms with Gasteiger partial charge < -0.3 is 4.42 Å². The van der Waals surface area contributed by atoms with Gasteiger partial charge in [-0.05, 0) is 49.4 Å². The highest BCUT2D eigenvalue weighted by Gasteiger charge is 2.14. The van der Waals surface area contributed by atoms with Crippen LogP contribution in [0.15, 0.2) is 79.4 Å². The molecular weight excluding hydrogens is 416 g/mol. The second-order valence-electron chi connectivity index (χ2n) is 5.68. The fraction of sp³-hybridized carbons (Fsp3) is 0.105. The first-order valence-corrected chi connectivity index (χ1v) is 10.1. The fourth-order valence-electron chi connectivity index (χ4n) is 2.22. The van der Waals surface area contributed by atoms with E-state index in [1.54, 1.807) is 42.6 Å². The Morgan fingerprint density at radius 3 is 2.62 bits per heavy atom. The summed E-state index contributed by atoms with van der Waals surface area (Å²) >= 11 is 3.39. The van der Waals surface area contributed by atoms with Crippen molar-refractivity contribution in [1.82, 2.24) is 4.72 Å². The Morgan fingerprint density at radius 2 is 1.88 bits per heavy atom. The van der Waals surface area contributed by atoms with Crippen molar-refractivity contribution in [2.75, 3.05) is 0 Å². The van der Waals surface area contributed by atoms with Gasteiger partial charge in [0, 0.05) is 4.47 Å². The number of hydrogen-bond donors (Lipinski definition) is 1. The molecule has 3 rings (SSSR count). The molecule has 2 aromatic carbocycles. The third-order valence-electron chi connectivity index (χ3n) is 3.60. The SMILES string of the molecule is Cc1ccc(S(=O)(=O)NCc2ccc(C=Nc3cccc(Br)c3)o2)cc1. The van der Waals surface area contributed by atoms with E-state index in [4.69, 9.17) is 4.42 Å². The van der Waals surface area contributed by atoms with Gasteiger partial charge in [-0.25, -0.2) is 13.1 Å². The maximum absolute atomic E-state index is 12.3. The predicted octanol–water partition coefficient (Wildman–Crippen LogP) is 4.58. The number of benzene rings is 2. The van der Waals surface area contributed by atoms with Crippen LogP contribution in [0.4, 0.5) is 5.69 Å². The highest BCUT2D eigenvalue weighted by atomic mass is 79.9. The van der Waals surface area contributed by atoms with Gasteiger partial charge in [0.15, 0.2) is 0 Å². The molecule has 0 amide bonds. The molecule has 0 saturated heterocycles. The van der Waals surface area contributed by atoms with E-state index in [0.29, 0.717) is 11.5 Å². The average molecular weight is 433 g/mol. The first-order valence-electron chi connectivity index (χ1n) is 7.87. The van der Waals surface area contributed by atoms with Crippen molar-refractivity contribution in [3.8, 4) is 0 Å².